The number of nitrogens with one attached hydrogen (secondary N) is 1. The first-order chi connectivity index (χ1) is 14.9. The van der Waals surface area contributed by atoms with E-state index in [-0.39, 0.29) is 18.4 Å². The minimum absolute atomic E-state index is 0.130. The van der Waals surface area contributed by atoms with E-state index in [1.807, 2.05) is 42.0 Å². The summed E-state index contributed by atoms with van der Waals surface area (Å²) in [6, 6.07) is 11.1. The first kappa shape index (κ1) is 21.7. The molecule has 31 heavy (non-hydrogen) atoms. The Kier molecular flexibility index (Phi) is 6.54. The lowest BCUT2D eigenvalue weighted by Gasteiger charge is -2.25. The molecule has 1 amide bonds. The zero-order valence-electron chi connectivity index (χ0n) is 17.4. The number of hydrogen-bond acceptors (Lipinski definition) is 5. The van der Waals surface area contributed by atoms with Crippen LogP contribution >= 0.6 is 11.3 Å². The summed E-state index contributed by atoms with van der Waals surface area (Å²) in [7, 11) is -3.45. The monoisotopic (exact) mass is 458 g/mol. The number of nitrogens with zero attached hydrogens (tertiary/aromatic N) is 3. The number of benzene rings is 1. The third kappa shape index (κ3) is 5.06. The van der Waals surface area contributed by atoms with Gasteiger partial charge in [0, 0.05) is 36.0 Å². The Hall–Kier alpha value is -2.49. The molecule has 4 rings (SSSR count). The molecule has 3 aromatic rings. The predicted molar refractivity (Wildman–Crippen MR) is 121 cm³/mol. The van der Waals surface area contributed by atoms with Crippen LogP contribution in [0.1, 0.15) is 42.7 Å². The molecule has 3 heterocycles. The zero-order chi connectivity index (χ0) is 21.8. The van der Waals surface area contributed by atoms with Crippen molar-refractivity contribution in [3.63, 3.8) is 0 Å². The standard InChI is InChI=1S/C22H26N4O3S2/c1-17(18-5-7-19(8-6-18)25-14-11-23-16-25)24-21(27)15-20-9-10-22(30-20)31(28,29)26-12-3-2-4-13-26/h5-11,14,16-17H,2-4,12-13,15H2,1H3,(H,24,27)/t17-/m1/s1. The number of carbonyl (C=O) groups excluding carboxylic acids is 1. The van der Waals surface area contributed by atoms with Gasteiger partial charge in [-0.05, 0) is 49.6 Å². The van der Waals surface area contributed by atoms with Crippen LogP contribution in [0.4, 0.5) is 0 Å². The van der Waals surface area contributed by atoms with E-state index in [4.69, 9.17) is 0 Å². The normalized spacial score (nSPS) is 16.2. The highest BCUT2D eigenvalue weighted by Crippen LogP contribution is 2.27. The number of aromatic nitrogens is 2. The van der Waals surface area contributed by atoms with E-state index in [0.29, 0.717) is 17.3 Å². The van der Waals surface area contributed by atoms with E-state index in [2.05, 4.69) is 10.3 Å². The maximum absolute atomic E-state index is 12.8. The van der Waals surface area contributed by atoms with Gasteiger partial charge >= 0.3 is 0 Å². The lowest BCUT2D eigenvalue weighted by atomic mass is 10.1. The topological polar surface area (TPSA) is 84.3 Å². The highest BCUT2D eigenvalue weighted by atomic mass is 32.2. The minimum Gasteiger partial charge on any atom is -0.349 e. The van der Waals surface area contributed by atoms with Crippen molar-refractivity contribution in [2.24, 2.45) is 0 Å². The fourth-order valence-corrected chi connectivity index (χ4v) is 6.73. The Bertz CT molecular complexity index is 1120. The molecule has 0 radical (unpaired) electrons. The molecule has 1 aromatic carbocycles. The predicted octanol–water partition coefficient (Wildman–Crippen LogP) is 3.53. The lowest BCUT2D eigenvalue weighted by molar-refractivity contribution is -0.121. The van der Waals surface area contributed by atoms with Crippen molar-refractivity contribution in [2.75, 3.05) is 13.1 Å². The second kappa shape index (κ2) is 9.33. The van der Waals surface area contributed by atoms with Gasteiger partial charge in [-0.15, -0.1) is 11.3 Å². The molecule has 9 heteroatoms. The van der Waals surface area contributed by atoms with Crippen molar-refractivity contribution in [3.8, 4) is 5.69 Å². The van der Waals surface area contributed by atoms with Gasteiger partial charge in [-0.25, -0.2) is 13.4 Å². The Morgan fingerprint density at radius 2 is 1.87 bits per heavy atom. The minimum atomic E-state index is -3.45. The molecule has 0 unspecified atom stereocenters. The van der Waals surface area contributed by atoms with E-state index in [1.54, 1.807) is 29.0 Å². The molecule has 2 aromatic heterocycles. The average molecular weight is 459 g/mol. The number of piperidine rings is 1. The van der Waals surface area contributed by atoms with Crippen molar-refractivity contribution >= 4 is 27.3 Å². The molecular formula is C22H26N4O3S2. The lowest BCUT2D eigenvalue weighted by Crippen LogP contribution is -2.35. The van der Waals surface area contributed by atoms with E-state index >= 15 is 0 Å². The summed E-state index contributed by atoms with van der Waals surface area (Å²) in [5, 5.41) is 3.00. The molecule has 0 spiro atoms. The first-order valence-electron chi connectivity index (χ1n) is 10.4. The summed E-state index contributed by atoms with van der Waals surface area (Å²) in [6.07, 6.45) is 8.39. The first-order valence-corrected chi connectivity index (χ1v) is 12.7. The van der Waals surface area contributed by atoms with Gasteiger partial charge in [0.2, 0.25) is 5.91 Å². The molecule has 0 aliphatic carbocycles. The SMILES string of the molecule is C[C@@H](NC(=O)Cc1ccc(S(=O)(=O)N2CCCCC2)s1)c1ccc(-n2ccnc2)cc1. The molecule has 0 saturated carbocycles. The van der Waals surface area contributed by atoms with Gasteiger partial charge in [0.15, 0.2) is 0 Å². The van der Waals surface area contributed by atoms with Crippen LogP contribution in [0.15, 0.2) is 59.3 Å². The van der Waals surface area contributed by atoms with Gasteiger partial charge < -0.3 is 9.88 Å². The number of sulfonamides is 1. The highest BCUT2D eigenvalue weighted by Gasteiger charge is 2.27. The van der Waals surface area contributed by atoms with Gasteiger partial charge in [-0.1, -0.05) is 18.6 Å². The second-order valence-corrected chi connectivity index (χ2v) is 11.0. The molecule has 7 nitrogen and oxygen atoms in total. The smallest absolute Gasteiger partial charge is 0.252 e. The number of rotatable bonds is 7. The van der Waals surface area contributed by atoms with Crippen molar-refractivity contribution in [1.82, 2.24) is 19.2 Å². The van der Waals surface area contributed by atoms with Crippen LogP contribution in [0, 0.1) is 0 Å². The quantitative estimate of drug-likeness (QED) is 0.587. The number of amides is 1. The summed E-state index contributed by atoms with van der Waals surface area (Å²) in [6.45, 7) is 3.09. The third-order valence-electron chi connectivity index (χ3n) is 5.45. The molecule has 1 aliphatic rings. The zero-order valence-corrected chi connectivity index (χ0v) is 19.0. The van der Waals surface area contributed by atoms with Crippen LogP contribution < -0.4 is 5.32 Å². The van der Waals surface area contributed by atoms with E-state index < -0.39 is 10.0 Å². The maximum Gasteiger partial charge on any atom is 0.252 e. The molecule has 1 saturated heterocycles. The Morgan fingerprint density at radius 3 is 2.55 bits per heavy atom. The molecule has 164 valence electrons. The summed E-state index contributed by atoms with van der Waals surface area (Å²) < 4.78 is 29.4. The van der Waals surface area contributed by atoms with Crippen molar-refractivity contribution in [1.29, 1.82) is 0 Å². The fraction of sp³-hybridized carbons (Fsp3) is 0.364. The summed E-state index contributed by atoms with van der Waals surface area (Å²) >= 11 is 1.19. The number of imidazole rings is 1. The molecule has 1 aliphatic heterocycles. The van der Waals surface area contributed by atoms with Crippen molar-refractivity contribution in [2.45, 2.75) is 42.9 Å². The van der Waals surface area contributed by atoms with Gasteiger partial charge in [0.25, 0.3) is 10.0 Å². The highest BCUT2D eigenvalue weighted by molar-refractivity contribution is 7.91. The largest absolute Gasteiger partial charge is 0.349 e. The second-order valence-electron chi connectivity index (χ2n) is 7.71. The van der Waals surface area contributed by atoms with Gasteiger partial charge in [0.1, 0.15) is 4.21 Å². The van der Waals surface area contributed by atoms with Gasteiger partial charge in [0.05, 0.1) is 18.8 Å². The number of hydrogen-bond donors (Lipinski definition) is 1. The summed E-state index contributed by atoms with van der Waals surface area (Å²) in [5.41, 5.74) is 2.00. The van der Waals surface area contributed by atoms with Gasteiger partial charge in [-0.3, -0.25) is 4.79 Å². The van der Waals surface area contributed by atoms with E-state index in [0.717, 1.165) is 35.4 Å². The molecular weight excluding hydrogens is 432 g/mol. The van der Waals surface area contributed by atoms with E-state index in [1.165, 1.54) is 11.3 Å². The molecule has 1 atom stereocenters. The fourth-order valence-electron chi connectivity index (χ4n) is 3.71. The Balaban J connectivity index is 1.35. The molecule has 1 N–H and O–H groups in total. The summed E-state index contributed by atoms with van der Waals surface area (Å²) in [4.78, 5) is 17.3. The van der Waals surface area contributed by atoms with Crippen molar-refractivity contribution < 1.29 is 13.2 Å². The van der Waals surface area contributed by atoms with Crippen LogP contribution in [0.3, 0.4) is 0 Å². The third-order valence-corrected chi connectivity index (χ3v) is 8.91. The van der Waals surface area contributed by atoms with Crippen LogP contribution in [-0.2, 0) is 21.2 Å². The Morgan fingerprint density at radius 1 is 1.13 bits per heavy atom. The molecule has 1 fully saturated rings. The average Bonchev–Trinajstić information content (AvgIpc) is 3.47. The van der Waals surface area contributed by atoms with E-state index in [9.17, 15) is 13.2 Å². The number of thiophene rings is 1. The summed E-state index contributed by atoms with van der Waals surface area (Å²) in [5.74, 6) is -0.130. The van der Waals surface area contributed by atoms with Crippen LogP contribution in [0.25, 0.3) is 5.69 Å². The van der Waals surface area contributed by atoms with Crippen molar-refractivity contribution in [3.05, 3.63) is 65.6 Å². The van der Waals surface area contributed by atoms with Gasteiger partial charge in [-0.2, -0.15) is 4.31 Å². The molecule has 0 bridgehead atoms. The van der Waals surface area contributed by atoms with Crippen LogP contribution in [0.5, 0.6) is 0 Å². The van der Waals surface area contributed by atoms with Crippen LogP contribution in [0.2, 0.25) is 0 Å². The Labute approximate surface area is 186 Å². The van der Waals surface area contributed by atoms with Crippen LogP contribution in [-0.4, -0.2) is 41.3 Å². The maximum atomic E-state index is 12.8. The number of carbonyl (C=O) groups is 1.